The lowest BCUT2D eigenvalue weighted by molar-refractivity contribution is -0.0738. The number of piperazine rings is 1. The quantitative estimate of drug-likeness (QED) is 0.766. The van der Waals surface area contributed by atoms with Crippen LogP contribution in [-0.2, 0) is 11.3 Å². The van der Waals surface area contributed by atoms with E-state index in [0.29, 0.717) is 25.7 Å². The molecule has 0 aliphatic carbocycles. The van der Waals surface area contributed by atoms with E-state index in [9.17, 15) is 9.59 Å². The Labute approximate surface area is 181 Å². The van der Waals surface area contributed by atoms with E-state index >= 15 is 0 Å². The van der Waals surface area contributed by atoms with Crippen LogP contribution in [0.5, 0.6) is 5.75 Å². The van der Waals surface area contributed by atoms with Gasteiger partial charge in [-0.25, -0.2) is 9.59 Å². The number of anilines is 1. The van der Waals surface area contributed by atoms with E-state index < -0.39 is 5.97 Å². The number of urea groups is 1. The number of rotatable bonds is 6. The average Bonchev–Trinajstić information content (AvgIpc) is 2.77. The largest absolute Gasteiger partial charge is 0.497 e. The minimum absolute atomic E-state index is 0.0583. The summed E-state index contributed by atoms with van der Waals surface area (Å²) < 4.78 is 10.5. The maximum atomic E-state index is 13.5. The molecule has 2 amide bonds. The van der Waals surface area contributed by atoms with E-state index in [4.69, 9.17) is 14.6 Å². The first kappa shape index (κ1) is 21.1. The first-order valence-corrected chi connectivity index (χ1v) is 10.4. The summed E-state index contributed by atoms with van der Waals surface area (Å²) in [5.74, 6) is -0.248. The van der Waals surface area contributed by atoms with Crippen molar-refractivity contribution in [3.63, 3.8) is 0 Å². The van der Waals surface area contributed by atoms with E-state index in [-0.39, 0.29) is 11.6 Å². The lowest BCUT2D eigenvalue weighted by Gasteiger charge is -2.43. The molecule has 4 rings (SSSR count). The number of aromatic carboxylic acids is 1. The molecule has 0 unspecified atom stereocenters. The number of amides is 2. The van der Waals surface area contributed by atoms with Crippen LogP contribution in [0.3, 0.4) is 0 Å². The van der Waals surface area contributed by atoms with Gasteiger partial charge in [0.25, 0.3) is 0 Å². The fourth-order valence-corrected chi connectivity index (χ4v) is 3.85. The number of carbonyl (C=O) groups is 2. The molecule has 164 valence electrons. The Morgan fingerprint density at radius 3 is 2.19 bits per heavy atom. The monoisotopic (exact) mass is 425 g/mol. The van der Waals surface area contributed by atoms with Gasteiger partial charge in [-0.15, -0.1) is 0 Å². The van der Waals surface area contributed by atoms with Gasteiger partial charge in [0.15, 0.2) is 0 Å². The summed E-state index contributed by atoms with van der Waals surface area (Å²) in [5.41, 5.74) is 1.85. The molecular formula is C23H27N3O5. The maximum Gasteiger partial charge on any atom is 0.335 e. The number of carboxylic acids is 1. The summed E-state index contributed by atoms with van der Waals surface area (Å²) >= 11 is 0. The molecule has 8 nitrogen and oxygen atoms in total. The highest BCUT2D eigenvalue weighted by Gasteiger charge is 2.32. The highest BCUT2D eigenvalue weighted by molar-refractivity contribution is 5.92. The molecule has 1 N–H and O–H groups in total. The number of methoxy groups -OCH3 is 1. The van der Waals surface area contributed by atoms with Crippen molar-refractivity contribution in [1.82, 2.24) is 9.80 Å². The second kappa shape index (κ2) is 9.36. The second-order valence-corrected chi connectivity index (χ2v) is 7.78. The second-order valence-electron chi connectivity index (χ2n) is 7.78. The summed E-state index contributed by atoms with van der Waals surface area (Å²) in [6, 6.07) is 14.4. The van der Waals surface area contributed by atoms with Crippen LogP contribution < -0.4 is 9.64 Å². The molecule has 2 aromatic rings. The molecule has 31 heavy (non-hydrogen) atoms. The molecule has 0 saturated carbocycles. The third-order valence-electron chi connectivity index (χ3n) is 5.88. The van der Waals surface area contributed by atoms with Crippen LogP contribution in [0.25, 0.3) is 0 Å². The molecule has 0 spiro atoms. The van der Waals surface area contributed by atoms with Gasteiger partial charge in [-0.2, -0.15) is 0 Å². The molecule has 2 fully saturated rings. The number of carboxylic acid groups (broad SMARTS) is 1. The lowest BCUT2D eigenvalue weighted by atomic mass is 10.1. The van der Waals surface area contributed by atoms with Crippen LogP contribution in [0, 0.1) is 0 Å². The van der Waals surface area contributed by atoms with Crippen LogP contribution in [0.4, 0.5) is 10.5 Å². The molecule has 2 aromatic carbocycles. The van der Waals surface area contributed by atoms with Crippen LogP contribution in [0.2, 0.25) is 0 Å². The van der Waals surface area contributed by atoms with Gasteiger partial charge in [-0.1, -0.05) is 12.1 Å². The normalized spacial score (nSPS) is 17.1. The van der Waals surface area contributed by atoms with Gasteiger partial charge in [0.05, 0.1) is 38.5 Å². The molecule has 2 aliphatic rings. The number of carbonyl (C=O) groups excluding carboxylic acids is 1. The molecule has 8 heteroatoms. The fourth-order valence-electron chi connectivity index (χ4n) is 3.85. The topological polar surface area (TPSA) is 82.5 Å². The van der Waals surface area contributed by atoms with Crippen LogP contribution in [0.15, 0.2) is 48.5 Å². The van der Waals surface area contributed by atoms with E-state index in [1.165, 1.54) is 0 Å². The minimum Gasteiger partial charge on any atom is -0.497 e. The highest BCUT2D eigenvalue weighted by atomic mass is 16.5. The smallest absolute Gasteiger partial charge is 0.335 e. The predicted molar refractivity (Wildman–Crippen MR) is 116 cm³/mol. The van der Waals surface area contributed by atoms with Crippen LogP contribution in [-0.4, -0.2) is 79.5 Å². The Hall–Kier alpha value is -3.10. The summed E-state index contributed by atoms with van der Waals surface area (Å²) in [6.07, 6.45) is 0. The summed E-state index contributed by atoms with van der Waals surface area (Å²) in [6.45, 7) is 4.91. The summed E-state index contributed by atoms with van der Waals surface area (Å²) in [4.78, 5) is 30.6. The number of ether oxygens (including phenoxy) is 2. The van der Waals surface area contributed by atoms with Crippen molar-refractivity contribution in [2.45, 2.75) is 12.6 Å². The Balaban J connectivity index is 1.51. The summed E-state index contributed by atoms with van der Waals surface area (Å²) in [7, 11) is 1.61. The zero-order chi connectivity index (χ0) is 21.8. The number of hydrogen-bond donors (Lipinski definition) is 1. The van der Waals surface area contributed by atoms with Crippen LogP contribution in [0.1, 0.15) is 15.9 Å². The Morgan fingerprint density at radius 2 is 1.68 bits per heavy atom. The van der Waals surface area contributed by atoms with Gasteiger partial charge in [0, 0.05) is 31.9 Å². The van der Waals surface area contributed by atoms with Gasteiger partial charge in [-0.05, 0) is 42.0 Å². The van der Waals surface area contributed by atoms with E-state index in [2.05, 4.69) is 4.90 Å². The zero-order valence-electron chi connectivity index (χ0n) is 17.6. The van der Waals surface area contributed by atoms with Gasteiger partial charge in [0.2, 0.25) is 0 Å². The first-order valence-electron chi connectivity index (χ1n) is 10.4. The van der Waals surface area contributed by atoms with E-state index in [0.717, 1.165) is 43.3 Å². The Kier molecular flexibility index (Phi) is 6.39. The fraction of sp³-hybridized carbons (Fsp3) is 0.391. The van der Waals surface area contributed by atoms with E-state index in [1.54, 1.807) is 36.3 Å². The molecule has 0 radical (unpaired) electrons. The highest BCUT2D eigenvalue weighted by Crippen LogP contribution is 2.24. The molecule has 2 heterocycles. The van der Waals surface area contributed by atoms with Crippen molar-refractivity contribution < 1.29 is 24.2 Å². The van der Waals surface area contributed by atoms with E-state index in [1.807, 2.05) is 29.2 Å². The predicted octanol–water partition coefficient (Wildman–Crippen LogP) is 2.54. The molecule has 2 aliphatic heterocycles. The molecule has 0 atom stereocenters. The number of benzene rings is 2. The van der Waals surface area contributed by atoms with Gasteiger partial charge in [0.1, 0.15) is 5.75 Å². The van der Waals surface area contributed by atoms with Crippen molar-refractivity contribution in [3.05, 3.63) is 59.7 Å². The Bertz CT molecular complexity index is 904. The molecule has 0 bridgehead atoms. The van der Waals surface area contributed by atoms with Crippen molar-refractivity contribution in [3.8, 4) is 5.75 Å². The van der Waals surface area contributed by atoms with Gasteiger partial charge in [-0.3, -0.25) is 9.80 Å². The third-order valence-corrected chi connectivity index (χ3v) is 5.88. The SMILES string of the molecule is COc1ccc(N(Cc2ccc(C(=O)O)cc2)C(=O)N2CCN(C3COC3)CC2)cc1. The molecule has 2 saturated heterocycles. The molecular weight excluding hydrogens is 398 g/mol. The minimum atomic E-state index is -0.968. The first-order chi connectivity index (χ1) is 15.0. The number of nitrogens with zero attached hydrogens (tertiary/aromatic N) is 3. The van der Waals surface area contributed by atoms with Crippen molar-refractivity contribution in [2.24, 2.45) is 0 Å². The van der Waals surface area contributed by atoms with Crippen molar-refractivity contribution >= 4 is 17.7 Å². The van der Waals surface area contributed by atoms with Crippen molar-refractivity contribution in [1.29, 1.82) is 0 Å². The third kappa shape index (κ3) is 4.81. The molecule has 0 aromatic heterocycles. The summed E-state index contributed by atoms with van der Waals surface area (Å²) in [5, 5.41) is 9.13. The Morgan fingerprint density at radius 1 is 1.03 bits per heavy atom. The van der Waals surface area contributed by atoms with Crippen LogP contribution >= 0.6 is 0 Å². The number of hydrogen-bond acceptors (Lipinski definition) is 5. The van der Waals surface area contributed by atoms with Gasteiger partial charge < -0.3 is 19.5 Å². The average molecular weight is 425 g/mol. The lowest BCUT2D eigenvalue weighted by Crippen LogP contribution is -2.59. The van der Waals surface area contributed by atoms with Gasteiger partial charge >= 0.3 is 12.0 Å². The van der Waals surface area contributed by atoms with Crippen molar-refractivity contribution in [2.75, 3.05) is 51.4 Å². The zero-order valence-corrected chi connectivity index (χ0v) is 17.6. The standard InChI is InChI=1S/C23H27N3O5/c1-30-21-8-6-19(7-9-21)26(14-17-2-4-18(5-3-17)22(27)28)23(29)25-12-10-24(11-13-25)20-15-31-16-20/h2-9,20H,10-16H2,1H3,(H,27,28). The maximum absolute atomic E-state index is 13.5.